The van der Waals surface area contributed by atoms with E-state index in [1.807, 2.05) is 0 Å². The number of carbonyl (C=O) groups excluding carboxylic acids is 2. The van der Waals surface area contributed by atoms with Crippen LogP contribution in [0.3, 0.4) is 0 Å². The van der Waals surface area contributed by atoms with E-state index in [2.05, 4.69) is 0 Å². The molecule has 0 fully saturated rings. The summed E-state index contributed by atoms with van der Waals surface area (Å²) in [5.74, 6) is -1.55. The van der Waals surface area contributed by atoms with Crippen LogP contribution in [0.4, 0.5) is 5.69 Å². The molecule has 122 valence electrons. The second-order valence-corrected chi connectivity index (χ2v) is 5.63. The number of imide groups is 1. The molecule has 2 aromatic carbocycles. The zero-order valence-corrected chi connectivity index (χ0v) is 12.9. The van der Waals surface area contributed by atoms with Gasteiger partial charge >= 0.3 is 0 Å². The van der Waals surface area contributed by atoms with Crippen LogP contribution in [-0.4, -0.2) is 33.0 Å². The molecular weight excluding hydrogens is 336 g/mol. The lowest BCUT2D eigenvalue weighted by Crippen LogP contribution is -2.50. The van der Waals surface area contributed by atoms with E-state index in [0.717, 1.165) is 0 Å². The summed E-state index contributed by atoms with van der Waals surface area (Å²) in [7, 11) is 0. The summed E-state index contributed by atoms with van der Waals surface area (Å²) in [6.45, 7) is 0. The summed E-state index contributed by atoms with van der Waals surface area (Å²) in [4.78, 5) is 36.3. The lowest BCUT2D eigenvalue weighted by atomic mass is 9.95. The molecule has 2 atom stereocenters. The van der Waals surface area contributed by atoms with Crippen molar-refractivity contribution in [2.45, 2.75) is 11.6 Å². The molecule has 0 saturated carbocycles. The highest BCUT2D eigenvalue weighted by Gasteiger charge is 2.44. The number of alkyl halides is 1. The molecule has 1 aliphatic heterocycles. The lowest BCUT2D eigenvalue weighted by Gasteiger charge is -2.34. The molecule has 0 aliphatic carbocycles. The van der Waals surface area contributed by atoms with E-state index in [9.17, 15) is 24.8 Å². The topological polar surface area (TPSA) is 101 Å². The number of halogens is 1. The average molecular weight is 347 g/mol. The second kappa shape index (κ2) is 6.03. The van der Waals surface area contributed by atoms with Crippen molar-refractivity contribution in [1.82, 2.24) is 4.90 Å². The Kier molecular flexibility index (Phi) is 4.04. The van der Waals surface area contributed by atoms with Gasteiger partial charge in [-0.2, -0.15) is 0 Å². The number of carbonyl (C=O) groups is 2. The summed E-state index contributed by atoms with van der Waals surface area (Å²) in [6.07, 6.45) is -1.71. The molecule has 0 bridgehead atoms. The quantitative estimate of drug-likeness (QED) is 0.389. The van der Waals surface area contributed by atoms with Gasteiger partial charge in [-0.25, -0.2) is 4.90 Å². The Labute approximate surface area is 141 Å². The van der Waals surface area contributed by atoms with Crippen molar-refractivity contribution >= 4 is 29.1 Å². The molecule has 1 aliphatic rings. The average Bonchev–Trinajstić information content (AvgIpc) is 2.60. The fraction of sp³-hybridized carbons (Fsp3) is 0.125. The number of hydrogen-bond donors (Lipinski definition) is 1. The summed E-state index contributed by atoms with van der Waals surface area (Å²) >= 11 is 6.14. The molecule has 1 N–H and O–H groups in total. The Hall–Kier alpha value is -2.77. The monoisotopic (exact) mass is 346 g/mol. The first kappa shape index (κ1) is 16.1. The van der Waals surface area contributed by atoms with Crippen LogP contribution in [0.2, 0.25) is 0 Å². The van der Waals surface area contributed by atoms with E-state index < -0.39 is 28.3 Å². The van der Waals surface area contributed by atoms with E-state index in [1.54, 1.807) is 18.2 Å². The number of hydrogen-bond acceptors (Lipinski definition) is 5. The van der Waals surface area contributed by atoms with E-state index in [1.165, 1.54) is 30.3 Å². The SMILES string of the molecule is O=C(c1ccccc1)N1C(=O)c2cccc([N+](=O)[O-])c2C(Cl)C1O. The molecular formula is C16H11ClN2O5. The van der Waals surface area contributed by atoms with Crippen LogP contribution in [0.15, 0.2) is 48.5 Å². The fourth-order valence-electron chi connectivity index (χ4n) is 2.65. The number of fused-ring (bicyclic) bond motifs is 1. The van der Waals surface area contributed by atoms with Gasteiger partial charge in [-0.15, -0.1) is 11.6 Å². The van der Waals surface area contributed by atoms with Crippen LogP contribution in [0, 0.1) is 10.1 Å². The standard InChI is InChI=1S/C16H11ClN2O5/c17-13-12-10(7-4-8-11(12)19(23)24)15(21)18(16(13)22)14(20)9-5-2-1-3-6-9/h1-8,13,16,22H. The van der Waals surface area contributed by atoms with Crippen LogP contribution in [-0.2, 0) is 0 Å². The summed E-state index contributed by atoms with van der Waals surface area (Å²) < 4.78 is 0. The largest absolute Gasteiger partial charge is 0.371 e. The van der Waals surface area contributed by atoms with E-state index in [4.69, 9.17) is 11.6 Å². The molecule has 2 amide bonds. The minimum Gasteiger partial charge on any atom is -0.371 e. The van der Waals surface area contributed by atoms with Gasteiger partial charge < -0.3 is 5.11 Å². The molecule has 2 aromatic rings. The molecule has 2 unspecified atom stereocenters. The number of nitro benzene ring substituents is 1. The van der Waals surface area contributed by atoms with E-state index >= 15 is 0 Å². The van der Waals surface area contributed by atoms with Crippen LogP contribution in [0.5, 0.6) is 0 Å². The lowest BCUT2D eigenvalue weighted by molar-refractivity contribution is -0.385. The smallest absolute Gasteiger partial charge is 0.275 e. The number of aliphatic hydroxyl groups excluding tert-OH is 1. The van der Waals surface area contributed by atoms with E-state index in [-0.39, 0.29) is 22.4 Å². The van der Waals surface area contributed by atoms with Crippen molar-refractivity contribution in [1.29, 1.82) is 0 Å². The van der Waals surface area contributed by atoms with Crippen molar-refractivity contribution in [3.05, 3.63) is 75.3 Å². The molecule has 0 spiro atoms. The Morgan fingerprint density at radius 2 is 1.83 bits per heavy atom. The van der Waals surface area contributed by atoms with Crippen LogP contribution < -0.4 is 0 Å². The predicted molar refractivity (Wildman–Crippen MR) is 84.6 cm³/mol. The maximum Gasteiger partial charge on any atom is 0.275 e. The normalized spacial score (nSPS) is 19.8. The van der Waals surface area contributed by atoms with Crippen LogP contribution in [0.1, 0.15) is 31.7 Å². The molecule has 1 heterocycles. The van der Waals surface area contributed by atoms with Crippen LogP contribution >= 0.6 is 11.6 Å². The van der Waals surface area contributed by atoms with Gasteiger partial charge in [-0.05, 0) is 18.2 Å². The third-order valence-corrected chi connectivity index (χ3v) is 4.21. The minimum absolute atomic E-state index is 0.0706. The number of nitro groups is 1. The van der Waals surface area contributed by atoms with Gasteiger partial charge in [-0.1, -0.05) is 24.3 Å². The van der Waals surface area contributed by atoms with Gasteiger partial charge in [0.25, 0.3) is 17.5 Å². The Morgan fingerprint density at radius 3 is 2.46 bits per heavy atom. The Balaban J connectivity index is 2.11. The highest BCUT2D eigenvalue weighted by molar-refractivity contribution is 6.24. The van der Waals surface area contributed by atoms with Crippen LogP contribution in [0.25, 0.3) is 0 Å². The summed E-state index contributed by atoms with van der Waals surface area (Å²) in [6, 6.07) is 11.8. The first-order valence-electron chi connectivity index (χ1n) is 6.96. The molecule has 0 radical (unpaired) electrons. The predicted octanol–water partition coefficient (Wildman–Crippen LogP) is 2.49. The highest BCUT2D eigenvalue weighted by Crippen LogP contribution is 2.40. The zero-order valence-electron chi connectivity index (χ0n) is 12.1. The molecule has 0 aromatic heterocycles. The van der Waals surface area contributed by atoms with Crippen molar-refractivity contribution in [3.63, 3.8) is 0 Å². The molecule has 7 nitrogen and oxygen atoms in total. The van der Waals surface area contributed by atoms with Gasteiger partial charge in [0.05, 0.1) is 16.1 Å². The fourth-order valence-corrected chi connectivity index (χ4v) is 2.99. The number of amides is 2. The third kappa shape index (κ3) is 2.44. The second-order valence-electron chi connectivity index (χ2n) is 5.16. The Bertz CT molecular complexity index is 840. The number of aliphatic hydroxyl groups is 1. The number of benzene rings is 2. The summed E-state index contributed by atoms with van der Waals surface area (Å²) in [5.41, 5.74) is -0.327. The highest BCUT2D eigenvalue weighted by atomic mass is 35.5. The summed E-state index contributed by atoms with van der Waals surface area (Å²) in [5, 5.41) is 20.2. The molecule has 0 saturated heterocycles. The third-order valence-electron chi connectivity index (χ3n) is 3.77. The van der Waals surface area contributed by atoms with Gasteiger partial charge in [0, 0.05) is 11.6 Å². The van der Waals surface area contributed by atoms with Gasteiger partial charge in [0.2, 0.25) is 0 Å². The molecule has 3 rings (SSSR count). The van der Waals surface area contributed by atoms with Crippen molar-refractivity contribution in [3.8, 4) is 0 Å². The number of rotatable bonds is 2. The molecule has 24 heavy (non-hydrogen) atoms. The maximum atomic E-state index is 12.6. The Morgan fingerprint density at radius 1 is 1.17 bits per heavy atom. The van der Waals surface area contributed by atoms with Gasteiger partial charge in [0.15, 0.2) is 6.23 Å². The van der Waals surface area contributed by atoms with Crippen molar-refractivity contribution in [2.75, 3.05) is 0 Å². The minimum atomic E-state index is -1.71. The van der Waals surface area contributed by atoms with Crippen molar-refractivity contribution < 1.29 is 19.6 Å². The van der Waals surface area contributed by atoms with Gasteiger partial charge in [0.1, 0.15) is 5.38 Å². The first-order chi connectivity index (χ1) is 11.4. The number of nitrogens with zero attached hydrogens (tertiary/aromatic N) is 2. The zero-order chi connectivity index (χ0) is 17.4. The maximum absolute atomic E-state index is 12.6. The van der Waals surface area contributed by atoms with Gasteiger partial charge in [-0.3, -0.25) is 19.7 Å². The van der Waals surface area contributed by atoms with E-state index in [0.29, 0.717) is 4.90 Å². The van der Waals surface area contributed by atoms with Crippen molar-refractivity contribution in [2.24, 2.45) is 0 Å². The first-order valence-corrected chi connectivity index (χ1v) is 7.39. The molecule has 8 heteroatoms.